The summed E-state index contributed by atoms with van der Waals surface area (Å²) in [6, 6.07) is 5.93. The molecular formula is C19H18ClF3N2O4S. The molecule has 6 nitrogen and oxygen atoms in total. The Morgan fingerprint density at radius 1 is 1.20 bits per heavy atom. The Kier molecular flexibility index (Phi) is 5.92. The van der Waals surface area contributed by atoms with E-state index in [9.17, 15) is 31.5 Å². The molecule has 1 heterocycles. The van der Waals surface area contributed by atoms with Crippen LogP contribution in [-0.2, 0) is 16.0 Å². The lowest BCUT2D eigenvalue weighted by atomic mass is 9.99. The third kappa shape index (κ3) is 4.49. The number of likely N-dealkylation sites (tertiary alicyclic amines) is 1. The van der Waals surface area contributed by atoms with Gasteiger partial charge in [-0.3, -0.25) is 0 Å². The first-order valence-electron chi connectivity index (χ1n) is 8.89. The van der Waals surface area contributed by atoms with E-state index in [2.05, 4.69) is 0 Å². The van der Waals surface area contributed by atoms with Crippen molar-refractivity contribution >= 4 is 33.2 Å². The fourth-order valence-corrected chi connectivity index (χ4v) is 5.46. The minimum absolute atomic E-state index is 0.000775. The van der Waals surface area contributed by atoms with Crippen molar-refractivity contribution in [2.45, 2.75) is 30.0 Å². The van der Waals surface area contributed by atoms with Gasteiger partial charge in [-0.05, 0) is 42.7 Å². The van der Waals surface area contributed by atoms with Crippen LogP contribution in [-0.4, -0.2) is 42.9 Å². The molecule has 1 aliphatic rings. The Hall–Kier alpha value is -2.46. The monoisotopic (exact) mass is 462 g/mol. The molecule has 0 radical (unpaired) electrons. The van der Waals surface area contributed by atoms with E-state index in [0.717, 1.165) is 17.0 Å². The topological polar surface area (TPSA) is 101 Å². The van der Waals surface area contributed by atoms with E-state index in [0.29, 0.717) is 18.9 Å². The van der Waals surface area contributed by atoms with E-state index < -0.39 is 44.4 Å². The van der Waals surface area contributed by atoms with Gasteiger partial charge in [-0.15, -0.1) is 0 Å². The van der Waals surface area contributed by atoms with E-state index >= 15 is 0 Å². The number of benzene rings is 2. The molecule has 162 valence electrons. The van der Waals surface area contributed by atoms with Crippen LogP contribution >= 0.6 is 11.6 Å². The Morgan fingerprint density at radius 2 is 1.87 bits per heavy atom. The molecule has 1 aliphatic heterocycles. The molecule has 30 heavy (non-hydrogen) atoms. The number of hydrogen-bond acceptors (Lipinski definition) is 4. The molecule has 3 N–H and O–H groups in total. The number of nitrogens with zero attached hydrogens (tertiary/aromatic N) is 1. The second kappa shape index (κ2) is 7.99. The Balaban J connectivity index is 2.04. The first-order chi connectivity index (χ1) is 13.9. The van der Waals surface area contributed by atoms with Gasteiger partial charge in [0.25, 0.3) is 0 Å². The molecule has 2 aromatic rings. The van der Waals surface area contributed by atoms with Crippen molar-refractivity contribution in [1.82, 2.24) is 4.90 Å². The van der Waals surface area contributed by atoms with Crippen molar-refractivity contribution in [2.24, 2.45) is 0 Å². The number of carbonyl (C=O) groups is 1. The maximum atomic E-state index is 13.7. The smallest absolute Gasteiger partial charge is 0.417 e. The van der Waals surface area contributed by atoms with Gasteiger partial charge >= 0.3 is 12.3 Å². The zero-order chi connectivity index (χ0) is 22.3. The number of rotatable bonds is 4. The van der Waals surface area contributed by atoms with E-state index in [4.69, 9.17) is 17.3 Å². The minimum atomic E-state index is -4.84. The number of anilines is 1. The van der Waals surface area contributed by atoms with Gasteiger partial charge in [0.15, 0.2) is 9.84 Å². The lowest BCUT2D eigenvalue weighted by Gasteiger charge is -2.22. The lowest BCUT2D eigenvalue weighted by molar-refractivity contribution is -0.137. The van der Waals surface area contributed by atoms with Gasteiger partial charge in [0, 0.05) is 23.8 Å². The number of alkyl halides is 3. The van der Waals surface area contributed by atoms with Crippen molar-refractivity contribution in [1.29, 1.82) is 0 Å². The average Bonchev–Trinajstić information content (AvgIpc) is 3.08. The van der Waals surface area contributed by atoms with E-state index in [1.54, 1.807) is 0 Å². The molecule has 3 rings (SSSR count). The van der Waals surface area contributed by atoms with Gasteiger partial charge in [-0.2, -0.15) is 13.2 Å². The van der Waals surface area contributed by atoms with Gasteiger partial charge < -0.3 is 15.7 Å². The normalized spacial score (nSPS) is 17.3. The van der Waals surface area contributed by atoms with Crippen molar-refractivity contribution in [3.8, 4) is 11.1 Å². The highest BCUT2D eigenvalue weighted by Crippen LogP contribution is 2.41. The molecule has 1 atom stereocenters. The molecule has 0 bridgehead atoms. The van der Waals surface area contributed by atoms with Crippen LogP contribution in [0.25, 0.3) is 11.1 Å². The van der Waals surface area contributed by atoms with E-state index in [1.165, 1.54) is 18.2 Å². The Morgan fingerprint density at radius 3 is 2.47 bits per heavy atom. The quantitative estimate of drug-likeness (QED) is 0.650. The van der Waals surface area contributed by atoms with Crippen molar-refractivity contribution in [2.75, 3.05) is 18.0 Å². The third-order valence-corrected chi connectivity index (χ3v) is 7.08. The predicted molar refractivity (Wildman–Crippen MR) is 106 cm³/mol. The van der Waals surface area contributed by atoms with Crippen molar-refractivity contribution < 1.29 is 31.5 Å². The second-order valence-corrected chi connectivity index (χ2v) is 9.44. The van der Waals surface area contributed by atoms with Gasteiger partial charge in [-0.25, -0.2) is 13.2 Å². The molecule has 2 aromatic carbocycles. The zero-order valence-corrected chi connectivity index (χ0v) is 17.1. The molecule has 11 heteroatoms. The van der Waals surface area contributed by atoms with Crippen LogP contribution in [0.1, 0.15) is 18.4 Å². The number of hydrogen-bond donors (Lipinski definition) is 2. The molecule has 1 amide bonds. The average molecular weight is 463 g/mol. The van der Waals surface area contributed by atoms with E-state index in [-0.39, 0.29) is 28.4 Å². The number of amides is 1. The summed E-state index contributed by atoms with van der Waals surface area (Å²) in [4.78, 5) is 11.7. The molecular weight excluding hydrogens is 445 g/mol. The standard InChI is InChI=1S/C19H18ClF3N2O4S/c20-17-8-11(24)3-5-15(17)14-6-4-13(9-16(14)19(21,22)23)30(28,29)10-12-2-1-7-25(12)18(26)27/h3-6,8-9,12H,1-2,7,10,24H2,(H,26,27). The highest BCUT2D eigenvalue weighted by molar-refractivity contribution is 7.91. The van der Waals surface area contributed by atoms with E-state index in [1.807, 2.05) is 0 Å². The summed E-state index contributed by atoms with van der Waals surface area (Å²) >= 11 is 6.05. The van der Waals surface area contributed by atoms with Crippen molar-refractivity contribution in [3.05, 3.63) is 47.0 Å². The summed E-state index contributed by atoms with van der Waals surface area (Å²) < 4.78 is 66.7. The number of nitrogens with two attached hydrogens (primary N) is 1. The van der Waals surface area contributed by atoms with Crippen LogP contribution < -0.4 is 5.73 Å². The lowest BCUT2D eigenvalue weighted by Crippen LogP contribution is -2.38. The van der Waals surface area contributed by atoms with Crippen LogP contribution in [0.3, 0.4) is 0 Å². The molecule has 1 unspecified atom stereocenters. The first-order valence-corrected chi connectivity index (χ1v) is 10.9. The Labute approximate surface area is 176 Å². The summed E-state index contributed by atoms with van der Waals surface area (Å²) in [7, 11) is -4.17. The third-order valence-electron chi connectivity index (χ3n) is 4.97. The minimum Gasteiger partial charge on any atom is -0.465 e. The second-order valence-electron chi connectivity index (χ2n) is 7.00. The highest BCUT2D eigenvalue weighted by atomic mass is 35.5. The van der Waals surface area contributed by atoms with Gasteiger partial charge in [0.1, 0.15) is 0 Å². The fraction of sp³-hybridized carbons (Fsp3) is 0.316. The van der Waals surface area contributed by atoms with Crippen LogP contribution in [0.4, 0.5) is 23.7 Å². The highest BCUT2D eigenvalue weighted by Gasteiger charge is 2.37. The van der Waals surface area contributed by atoms with Crippen LogP contribution in [0, 0.1) is 0 Å². The fourth-order valence-electron chi connectivity index (χ4n) is 3.55. The largest absolute Gasteiger partial charge is 0.465 e. The van der Waals surface area contributed by atoms with Crippen molar-refractivity contribution in [3.63, 3.8) is 0 Å². The summed E-state index contributed by atoms with van der Waals surface area (Å²) in [5, 5.41) is 9.17. The number of sulfone groups is 1. The SMILES string of the molecule is Nc1ccc(-c2ccc(S(=O)(=O)CC3CCCN3C(=O)O)cc2C(F)(F)F)c(Cl)c1. The molecule has 1 fully saturated rings. The maximum Gasteiger partial charge on any atom is 0.417 e. The number of halogens is 4. The van der Waals surface area contributed by atoms with Gasteiger partial charge in [0.2, 0.25) is 0 Å². The van der Waals surface area contributed by atoms with Crippen LogP contribution in [0.2, 0.25) is 5.02 Å². The molecule has 0 saturated carbocycles. The molecule has 0 aliphatic carbocycles. The molecule has 1 saturated heterocycles. The van der Waals surface area contributed by atoms with Gasteiger partial charge in [0.05, 0.1) is 21.2 Å². The predicted octanol–water partition coefficient (Wildman–Crippen LogP) is 4.52. The van der Waals surface area contributed by atoms with Gasteiger partial charge in [-0.1, -0.05) is 23.7 Å². The number of carboxylic acid groups (broad SMARTS) is 1. The summed E-state index contributed by atoms with van der Waals surface area (Å²) in [6.45, 7) is 0.192. The molecule has 0 aromatic heterocycles. The van der Waals surface area contributed by atoms with Crippen LogP contribution in [0.5, 0.6) is 0 Å². The number of nitrogen functional groups attached to an aromatic ring is 1. The first kappa shape index (κ1) is 22.2. The molecule has 0 spiro atoms. The summed E-state index contributed by atoms with van der Waals surface area (Å²) in [6.07, 6.45) is -5.27. The maximum absolute atomic E-state index is 13.7. The summed E-state index contributed by atoms with van der Waals surface area (Å²) in [5.74, 6) is -0.585. The van der Waals surface area contributed by atoms with Crippen LogP contribution in [0.15, 0.2) is 41.3 Å². The Bertz CT molecular complexity index is 1090. The zero-order valence-electron chi connectivity index (χ0n) is 15.5. The summed E-state index contributed by atoms with van der Waals surface area (Å²) in [5.41, 5.74) is 4.49.